The molecule has 2 aromatic carbocycles. The van der Waals surface area contributed by atoms with Gasteiger partial charge in [-0.2, -0.15) is 4.98 Å². The van der Waals surface area contributed by atoms with Crippen LogP contribution >= 0.6 is 11.6 Å². The molecule has 0 unspecified atom stereocenters. The predicted octanol–water partition coefficient (Wildman–Crippen LogP) is 5.10. The molecule has 0 atom stereocenters. The Hall–Kier alpha value is -2.59. The molecule has 5 heteroatoms. The zero-order valence-corrected chi connectivity index (χ0v) is 14.4. The molecule has 122 valence electrons. The summed E-state index contributed by atoms with van der Waals surface area (Å²) >= 11 is 6.05. The van der Waals surface area contributed by atoms with Gasteiger partial charge in [0.25, 0.3) is 0 Å². The van der Waals surface area contributed by atoms with Crippen molar-refractivity contribution < 1.29 is 0 Å². The Morgan fingerprint density at radius 2 is 1.83 bits per heavy atom. The lowest BCUT2D eigenvalue weighted by Crippen LogP contribution is -2.05. The van der Waals surface area contributed by atoms with E-state index in [1.54, 1.807) is 6.20 Å². The van der Waals surface area contributed by atoms with Crippen LogP contribution in [-0.4, -0.2) is 9.97 Å². The summed E-state index contributed by atoms with van der Waals surface area (Å²) in [6.45, 7) is 4.84. The molecule has 0 aliphatic carbocycles. The number of nitrogens with one attached hydrogen (secondary N) is 2. The van der Waals surface area contributed by atoms with E-state index in [2.05, 4.69) is 39.7 Å². The van der Waals surface area contributed by atoms with Crippen LogP contribution in [-0.2, 0) is 6.54 Å². The number of rotatable bonds is 5. The summed E-state index contributed by atoms with van der Waals surface area (Å²) in [4.78, 5) is 8.78. The Morgan fingerprint density at radius 1 is 1.00 bits per heavy atom. The van der Waals surface area contributed by atoms with Crippen molar-refractivity contribution in [3.8, 4) is 0 Å². The van der Waals surface area contributed by atoms with Crippen molar-refractivity contribution in [3.63, 3.8) is 0 Å². The van der Waals surface area contributed by atoms with E-state index in [1.807, 2.05) is 43.3 Å². The van der Waals surface area contributed by atoms with Gasteiger partial charge in [0.05, 0.1) is 0 Å². The molecule has 0 aliphatic rings. The Bertz CT molecular complexity index is 848. The summed E-state index contributed by atoms with van der Waals surface area (Å²) in [5.41, 5.74) is 4.49. The van der Waals surface area contributed by atoms with Crippen molar-refractivity contribution >= 4 is 29.1 Å². The average Bonchev–Trinajstić information content (AvgIpc) is 2.58. The van der Waals surface area contributed by atoms with Crippen LogP contribution in [0.2, 0.25) is 5.02 Å². The van der Waals surface area contributed by atoms with Crippen LogP contribution in [0.15, 0.2) is 54.7 Å². The van der Waals surface area contributed by atoms with E-state index in [1.165, 1.54) is 11.1 Å². The van der Waals surface area contributed by atoms with Gasteiger partial charge in [-0.05, 0) is 48.7 Å². The van der Waals surface area contributed by atoms with Crippen LogP contribution in [0, 0.1) is 13.8 Å². The second-order valence-electron chi connectivity index (χ2n) is 5.63. The van der Waals surface area contributed by atoms with Gasteiger partial charge in [-0.3, -0.25) is 0 Å². The summed E-state index contributed by atoms with van der Waals surface area (Å²) in [6, 6.07) is 15.8. The summed E-state index contributed by atoms with van der Waals surface area (Å²) in [7, 11) is 0. The van der Waals surface area contributed by atoms with Crippen LogP contribution in [0.3, 0.4) is 0 Å². The molecule has 0 bridgehead atoms. The van der Waals surface area contributed by atoms with Crippen LogP contribution < -0.4 is 10.6 Å². The summed E-state index contributed by atoms with van der Waals surface area (Å²) in [5, 5.41) is 7.23. The minimum atomic E-state index is 0.537. The third-order valence-corrected chi connectivity index (χ3v) is 4.06. The lowest BCUT2D eigenvalue weighted by atomic mass is 10.1. The maximum Gasteiger partial charge on any atom is 0.229 e. The van der Waals surface area contributed by atoms with Crippen molar-refractivity contribution in [1.82, 2.24) is 9.97 Å². The lowest BCUT2D eigenvalue weighted by Gasteiger charge is -2.11. The van der Waals surface area contributed by atoms with Gasteiger partial charge < -0.3 is 10.6 Å². The highest BCUT2D eigenvalue weighted by atomic mass is 35.5. The predicted molar refractivity (Wildman–Crippen MR) is 100 cm³/mol. The number of hydrogen-bond donors (Lipinski definition) is 2. The maximum absolute atomic E-state index is 6.05. The zero-order chi connectivity index (χ0) is 16.9. The first kappa shape index (κ1) is 16.3. The van der Waals surface area contributed by atoms with Crippen molar-refractivity contribution in [2.24, 2.45) is 0 Å². The van der Waals surface area contributed by atoms with Crippen LogP contribution in [0.4, 0.5) is 17.5 Å². The first-order chi connectivity index (χ1) is 11.6. The van der Waals surface area contributed by atoms with E-state index >= 15 is 0 Å². The highest BCUT2D eigenvalue weighted by Gasteiger charge is 2.04. The van der Waals surface area contributed by atoms with Gasteiger partial charge in [0.15, 0.2) is 0 Å². The van der Waals surface area contributed by atoms with Gasteiger partial charge in [-0.1, -0.05) is 41.9 Å². The first-order valence-electron chi connectivity index (χ1n) is 7.76. The topological polar surface area (TPSA) is 49.8 Å². The quantitative estimate of drug-likeness (QED) is 0.679. The molecular formula is C19H19ClN4. The Balaban J connectivity index is 1.72. The molecule has 3 rings (SSSR count). The van der Waals surface area contributed by atoms with Crippen molar-refractivity contribution in [3.05, 3.63) is 76.4 Å². The minimum Gasteiger partial charge on any atom is -0.366 e. The molecule has 0 saturated carbocycles. The molecule has 3 aromatic rings. The fraction of sp³-hybridized carbons (Fsp3) is 0.158. The molecule has 4 nitrogen and oxygen atoms in total. The molecule has 0 spiro atoms. The smallest absolute Gasteiger partial charge is 0.229 e. The molecule has 2 N–H and O–H groups in total. The summed E-state index contributed by atoms with van der Waals surface area (Å²) in [6.07, 6.45) is 1.73. The van der Waals surface area contributed by atoms with Crippen molar-refractivity contribution in [2.45, 2.75) is 20.4 Å². The number of benzene rings is 2. The second-order valence-corrected chi connectivity index (χ2v) is 6.07. The van der Waals surface area contributed by atoms with E-state index in [-0.39, 0.29) is 0 Å². The van der Waals surface area contributed by atoms with Crippen LogP contribution in [0.25, 0.3) is 0 Å². The number of aryl methyl sites for hydroxylation is 2. The Kier molecular flexibility index (Phi) is 4.96. The largest absolute Gasteiger partial charge is 0.366 e. The molecule has 0 fully saturated rings. The first-order valence-corrected chi connectivity index (χ1v) is 8.14. The van der Waals surface area contributed by atoms with E-state index < -0.39 is 0 Å². The van der Waals surface area contributed by atoms with Crippen molar-refractivity contribution in [1.29, 1.82) is 0 Å². The normalized spacial score (nSPS) is 10.5. The number of nitrogens with zero attached hydrogens (tertiary/aromatic N) is 2. The van der Waals surface area contributed by atoms with Gasteiger partial charge in [-0.25, -0.2) is 4.98 Å². The van der Waals surface area contributed by atoms with Crippen LogP contribution in [0.5, 0.6) is 0 Å². The fourth-order valence-corrected chi connectivity index (χ4v) is 2.53. The van der Waals surface area contributed by atoms with Gasteiger partial charge >= 0.3 is 0 Å². The monoisotopic (exact) mass is 338 g/mol. The van der Waals surface area contributed by atoms with Gasteiger partial charge in [0.2, 0.25) is 5.95 Å². The van der Waals surface area contributed by atoms with Crippen LogP contribution in [0.1, 0.15) is 16.7 Å². The van der Waals surface area contributed by atoms with Gasteiger partial charge in [0.1, 0.15) is 5.82 Å². The molecule has 0 radical (unpaired) electrons. The third kappa shape index (κ3) is 4.03. The SMILES string of the molecule is Cc1ccccc1CNc1ccnc(Nc2cc(Cl)ccc2C)n1. The number of halogens is 1. The fourth-order valence-electron chi connectivity index (χ4n) is 2.36. The highest BCUT2D eigenvalue weighted by Crippen LogP contribution is 2.23. The highest BCUT2D eigenvalue weighted by molar-refractivity contribution is 6.30. The minimum absolute atomic E-state index is 0.537. The lowest BCUT2D eigenvalue weighted by molar-refractivity contribution is 1.07. The van der Waals surface area contributed by atoms with Gasteiger partial charge in [-0.15, -0.1) is 0 Å². The molecule has 1 aromatic heterocycles. The molecule has 0 aliphatic heterocycles. The zero-order valence-electron chi connectivity index (χ0n) is 13.7. The van der Waals surface area contributed by atoms with E-state index in [4.69, 9.17) is 11.6 Å². The Labute approximate surface area is 146 Å². The second kappa shape index (κ2) is 7.32. The Morgan fingerprint density at radius 3 is 2.67 bits per heavy atom. The van der Waals surface area contributed by atoms with E-state index in [0.717, 1.165) is 23.6 Å². The molecule has 0 saturated heterocycles. The average molecular weight is 339 g/mol. The van der Waals surface area contributed by atoms with Crippen molar-refractivity contribution in [2.75, 3.05) is 10.6 Å². The molecule has 1 heterocycles. The summed E-state index contributed by atoms with van der Waals surface area (Å²) < 4.78 is 0. The molecule has 24 heavy (non-hydrogen) atoms. The van der Waals surface area contributed by atoms with E-state index in [9.17, 15) is 0 Å². The summed E-state index contributed by atoms with van der Waals surface area (Å²) in [5.74, 6) is 1.31. The van der Waals surface area contributed by atoms with Gasteiger partial charge in [0, 0.05) is 23.5 Å². The number of anilines is 3. The number of hydrogen-bond acceptors (Lipinski definition) is 4. The molecular weight excluding hydrogens is 320 g/mol. The number of aromatic nitrogens is 2. The molecule has 0 amide bonds. The third-order valence-electron chi connectivity index (χ3n) is 3.82. The maximum atomic E-state index is 6.05. The van der Waals surface area contributed by atoms with E-state index in [0.29, 0.717) is 11.0 Å². The standard InChI is InChI=1S/C19H19ClN4/c1-13-5-3-4-6-15(13)12-22-18-9-10-21-19(24-18)23-17-11-16(20)8-7-14(17)2/h3-11H,12H2,1-2H3,(H2,21,22,23,24).